The summed E-state index contributed by atoms with van der Waals surface area (Å²) in [7, 11) is -7.09. The van der Waals surface area contributed by atoms with Gasteiger partial charge in [0.05, 0.1) is 0 Å². The summed E-state index contributed by atoms with van der Waals surface area (Å²) in [4.78, 5) is 0. The number of hydrogen-bond acceptors (Lipinski definition) is 4. The van der Waals surface area contributed by atoms with Gasteiger partial charge < -0.3 is 15.1 Å². The molecular weight excluding hydrogens is 785 g/mol. The van der Waals surface area contributed by atoms with Crippen LogP contribution in [0.2, 0.25) is 0 Å². The van der Waals surface area contributed by atoms with Crippen LogP contribution in [0.5, 0.6) is 11.5 Å². The summed E-state index contributed by atoms with van der Waals surface area (Å²) < 4.78 is 6.51. The molecule has 9 aromatic carbocycles. The SMILES string of the molecule is OB(O)O.c1ccc(Oc2ccccc2[PH](c2ccccc2)(c2ccccc2)c2ccccc2)cc1.c1ccc([PH](c2ccccc2)(c2ccccc2)c2ccccc2)cc1. The van der Waals surface area contributed by atoms with E-state index in [9.17, 15) is 0 Å². The van der Waals surface area contributed by atoms with Gasteiger partial charge in [0, 0.05) is 0 Å². The second kappa shape index (κ2) is 21.2. The Hall–Kier alpha value is -6.42. The van der Waals surface area contributed by atoms with Gasteiger partial charge in [0.15, 0.2) is 0 Å². The number of rotatable bonds is 10. The Kier molecular flexibility index (Phi) is 14.8. The maximum atomic E-state index is 7.17. The van der Waals surface area contributed by atoms with Gasteiger partial charge in [0.1, 0.15) is 0 Å². The van der Waals surface area contributed by atoms with Crippen LogP contribution in [0.4, 0.5) is 0 Å². The van der Waals surface area contributed by atoms with E-state index in [4.69, 9.17) is 19.8 Å². The van der Waals surface area contributed by atoms with Crippen LogP contribution in [0, 0.1) is 0 Å². The molecule has 0 radical (unpaired) electrons. The van der Waals surface area contributed by atoms with Crippen LogP contribution in [0.1, 0.15) is 0 Å². The van der Waals surface area contributed by atoms with Gasteiger partial charge in [-0.05, 0) is 0 Å². The summed E-state index contributed by atoms with van der Waals surface area (Å²) in [5.41, 5.74) is 0. The molecule has 61 heavy (non-hydrogen) atoms. The average molecular weight is 835 g/mol. The van der Waals surface area contributed by atoms with E-state index >= 15 is 0 Å². The molecule has 0 aliphatic carbocycles. The van der Waals surface area contributed by atoms with Gasteiger partial charge in [-0.15, -0.1) is 0 Å². The van der Waals surface area contributed by atoms with E-state index in [-0.39, 0.29) is 0 Å². The predicted molar refractivity (Wildman–Crippen MR) is 264 cm³/mol. The zero-order chi connectivity index (χ0) is 42.2. The van der Waals surface area contributed by atoms with Crippen molar-refractivity contribution in [1.82, 2.24) is 0 Å². The summed E-state index contributed by atoms with van der Waals surface area (Å²) in [6.07, 6.45) is 0. The summed E-state index contributed by atoms with van der Waals surface area (Å²) in [5.74, 6) is 1.75. The van der Waals surface area contributed by atoms with E-state index in [1.54, 1.807) is 0 Å². The standard InChI is InChI=1S/C30H25OP.C24H21P.BH3O3/c1-5-15-25(16-6-1)31-29-23-13-14-24-30(29)32(26-17-7-2-8-18-26,27-19-9-3-10-20-27)28-21-11-4-12-22-28;1-5-13-21(14-6-1)25(22-15-7-2-8-16-22,23-17-9-3-10-18-23)24-19-11-4-12-20-24;2-1(3)4/h1-24,32H;1-20,25H;2-4H. The molecule has 0 saturated heterocycles. The molecule has 0 heterocycles. The van der Waals surface area contributed by atoms with Crippen molar-refractivity contribution < 1.29 is 19.8 Å². The predicted octanol–water partition coefficient (Wildman–Crippen LogP) is 7.82. The molecule has 4 nitrogen and oxygen atoms in total. The van der Waals surface area contributed by atoms with Crippen LogP contribution < -0.4 is 47.2 Å². The fourth-order valence-corrected chi connectivity index (χ4v) is 17.9. The van der Waals surface area contributed by atoms with Crippen molar-refractivity contribution in [3.8, 4) is 11.5 Å². The molecule has 9 aromatic rings. The van der Waals surface area contributed by atoms with Crippen LogP contribution in [0.15, 0.2) is 267 Å². The summed E-state index contributed by atoms with van der Waals surface area (Å²) in [6, 6.07) is 95.3. The van der Waals surface area contributed by atoms with Gasteiger partial charge in [-0.3, -0.25) is 0 Å². The molecule has 7 heteroatoms. The molecule has 0 spiro atoms. The van der Waals surface area contributed by atoms with Gasteiger partial charge in [-0.25, -0.2) is 0 Å². The van der Waals surface area contributed by atoms with Crippen LogP contribution in [0.3, 0.4) is 0 Å². The Bertz CT molecular complexity index is 2360. The monoisotopic (exact) mass is 834 g/mol. The Morgan fingerprint density at radius 2 is 0.475 bits per heavy atom. The quantitative estimate of drug-likeness (QED) is 0.0972. The molecule has 0 amide bonds. The first-order chi connectivity index (χ1) is 30.0. The first-order valence-corrected chi connectivity index (χ1v) is 24.3. The summed E-state index contributed by atoms with van der Waals surface area (Å²) in [6.45, 7) is 0. The van der Waals surface area contributed by atoms with Crippen molar-refractivity contribution in [1.29, 1.82) is 0 Å². The Morgan fingerprint density at radius 3 is 0.754 bits per heavy atom. The van der Waals surface area contributed by atoms with Crippen molar-refractivity contribution in [3.63, 3.8) is 0 Å². The Labute approximate surface area is 360 Å². The van der Waals surface area contributed by atoms with Crippen LogP contribution in [-0.2, 0) is 0 Å². The zero-order valence-corrected chi connectivity index (χ0v) is 35.7. The average Bonchev–Trinajstić information content (AvgIpc) is 3.33. The maximum absolute atomic E-state index is 7.17. The molecule has 9 rings (SSSR count). The summed E-state index contributed by atoms with van der Waals surface area (Å²) in [5, 5.41) is 32.4. The molecule has 302 valence electrons. The van der Waals surface area contributed by atoms with Gasteiger partial charge in [-0.2, -0.15) is 0 Å². The van der Waals surface area contributed by atoms with Gasteiger partial charge in [0.2, 0.25) is 0 Å². The van der Waals surface area contributed by atoms with Crippen molar-refractivity contribution in [2.24, 2.45) is 0 Å². The third-order valence-electron chi connectivity index (χ3n) is 10.7. The molecule has 0 bridgehead atoms. The molecule has 0 unspecified atom stereocenters. The zero-order valence-electron chi connectivity index (χ0n) is 33.7. The van der Waals surface area contributed by atoms with E-state index < -0.39 is 21.8 Å². The summed E-state index contributed by atoms with van der Waals surface area (Å²) >= 11 is 0. The topological polar surface area (TPSA) is 69.9 Å². The molecule has 0 aliphatic heterocycles. The minimum atomic E-state index is -2.62. The molecular formula is C54H49BO4P2. The molecule has 3 N–H and O–H groups in total. The third kappa shape index (κ3) is 9.81. The van der Waals surface area contributed by atoms with Crippen LogP contribution in [0.25, 0.3) is 0 Å². The van der Waals surface area contributed by atoms with Crippen LogP contribution >= 0.6 is 14.5 Å². The van der Waals surface area contributed by atoms with E-state index in [0.717, 1.165) is 11.5 Å². The van der Waals surface area contributed by atoms with Gasteiger partial charge in [0.25, 0.3) is 0 Å². The number of ether oxygens (including phenoxy) is 1. The second-order valence-corrected chi connectivity index (χ2v) is 21.9. The molecule has 0 aromatic heterocycles. The third-order valence-corrected chi connectivity index (χ3v) is 20.3. The fraction of sp³-hybridized carbons (Fsp3) is 0. The first kappa shape index (κ1) is 42.7. The fourth-order valence-electron chi connectivity index (χ4n) is 8.26. The Balaban J connectivity index is 0.000000174. The van der Waals surface area contributed by atoms with Crippen molar-refractivity contribution in [3.05, 3.63) is 267 Å². The van der Waals surface area contributed by atoms with Gasteiger partial charge >= 0.3 is 347 Å². The second-order valence-electron chi connectivity index (χ2n) is 14.3. The number of benzene rings is 9. The normalized spacial score (nSPS) is 11.4. The molecule has 0 aliphatic rings. The number of para-hydroxylation sites is 2. The molecule has 0 fully saturated rings. The van der Waals surface area contributed by atoms with E-state index in [0.29, 0.717) is 0 Å². The van der Waals surface area contributed by atoms with E-state index in [1.165, 1.54) is 42.4 Å². The van der Waals surface area contributed by atoms with E-state index in [2.05, 4.69) is 237 Å². The first-order valence-electron chi connectivity index (χ1n) is 20.3. The minimum absolute atomic E-state index is 0.844. The molecule has 0 atom stereocenters. The van der Waals surface area contributed by atoms with Crippen molar-refractivity contribution >= 4 is 64.3 Å². The van der Waals surface area contributed by atoms with Crippen molar-refractivity contribution in [2.45, 2.75) is 0 Å². The van der Waals surface area contributed by atoms with Gasteiger partial charge in [-0.1, -0.05) is 0 Å². The van der Waals surface area contributed by atoms with Crippen molar-refractivity contribution in [2.75, 3.05) is 0 Å². The Morgan fingerprint density at radius 1 is 0.262 bits per heavy atom. The molecule has 0 saturated carbocycles. The van der Waals surface area contributed by atoms with E-state index in [1.807, 2.05) is 30.3 Å². The van der Waals surface area contributed by atoms with Crippen LogP contribution in [-0.4, -0.2) is 22.4 Å². The number of hydrogen-bond donors (Lipinski definition) is 3.